The van der Waals surface area contributed by atoms with Gasteiger partial charge >= 0.3 is 0 Å². The quantitative estimate of drug-likeness (QED) is 0.686. The van der Waals surface area contributed by atoms with Gasteiger partial charge in [0, 0.05) is 0 Å². The molecule has 1 aliphatic carbocycles. The average Bonchev–Trinajstić information content (AvgIpc) is 2.91. The van der Waals surface area contributed by atoms with E-state index in [2.05, 4.69) is 41.0 Å². The zero-order valence-electron chi connectivity index (χ0n) is 8.49. The topological polar surface area (TPSA) is 30.7 Å². The summed E-state index contributed by atoms with van der Waals surface area (Å²) >= 11 is 0. The van der Waals surface area contributed by atoms with E-state index in [0.29, 0.717) is 6.04 Å². The Kier molecular flexibility index (Phi) is 1.46. The van der Waals surface area contributed by atoms with Crippen LogP contribution in [0.2, 0.25) is 0 Å². The number of fused-ring (bicyclic) bond motifs is 1. The number of hydrogen-bond donors (Lipinski definition) is 0. The van der Waals surface area contributed by atoms with Gasteiger partial charge in [0.05, 0.1) is 11.6 Å². The molecule has 2 aromatic rings. The minimum absolute atomic E-state index is 0.613. The summed E-state index contributed by atoms with van der Waals surface area (Å²) in [5, 5.41) is 8.40. The smallest absolute Gasteiger partial charge is 0.113 e. The van der Waals surface area contributed by atoms with Crippen LogP contribution in [0.5, 0.6) is 0 Å². The first kappa shape index (κ1) is 7.97. The molecular formula is C11H13N3. The molecule has 1 aliphatic rings. The van der Waals surface area contributed by atoms with Crippen LogP contribution in [0.3, 0.4) is 0 Å². The monoisotopic (exact) mass is 187 g/mol. The summed E-state index contributed by atoms with van der Waals surface area (Å²) in [6, 6.07) is 4.93. The lowest BCUT2D eigenvalue weighted by Gasteiger charge is -2.01. The van der Waals surface area contributed by atoms with Crippen LogP contribution in [0.4, 0.5) is 0 Å². The SMILES string of the molecule is Cc1cc2nnn(C3CC3)c2cc1C. The number of aryl methyl sites for hydroxylation is 2. The fraction of sp³-hybridized carbons (Fsp3) is 0.455. The highest BCUT2D eigenvalue weighted by Gasteiger charge is 2.26. The molecule has 0 radical (unpaired) electrons. The van der Waals surface area contributed by atoms with Gasteiger partial charge in [-0.15, -0.1) is 5.10 Å². The Labute approximate surface area is 82.7 Å². The van der Waals surface area contributed by atoms with E-state index in [1.165, 1.54) is 29.5 Å². The van der Waals surface area contributed by atoms with Crippen LogP contribution >= 0.6 is 0 Å². The van der Waals surface area contributed by atoms with E-state index in [4.69, 9.17) is 0 Å². The van der Waals surface area contributed by atoms with Gasteiger partial charge in [-0.25, -0.2) is 4.68 Å². The predicted molar refractivity (Wildman–Crippen MR) is 55.3 cm³/mol. The maximum Gasteiger partial charge on any atom is 0.113 e. The highest BCUT2D eigenvalue weighted by atomic mass is 15.4. The standard InChI is InChI=1S/C11H13N3/c1-7-5-10-11(6-8(7)2)14(13-12-10)9-3-4-9/h5-6,9H,3-4H2,1-2H3. The molecule has 72 valence electrons. The maximum atomic E-state index is 4.21. The van der Waals surface area contributed by atoms with Crippen LogP contribution in [0.25, 0.3) is 11.0 Å². The largest absolute Gasteiger partial charge is 0.242 e. The van der Waals surface area contributed by atoms with Gasteiger partial charge in [0.15, 0.2) is 0 Å². The fourth-order valence-corrected chi connectivity index (χ4v) is 1.78. The highest BCUT2D eigenvalue weighted by Crippen LogP contribution is 2.36. The van der Waals surface area contributed by atoms with Crippen LogP contribution in [-0.4, -0.2) is 15.0 Å². The second-order valence-corrected chi connectivity index (χ2v) is 4.19. The lowest BCUT2D eigenvalue weighted by Crippen LogP contribution is -1.96. The number of hydrogen-bond acceptors (Lipinski definition) is 2. The number of nitrogens with zero attached hydrogens (tertiary/aromatic N) is 3. The van der Waals surface area contributed by atoms with Crippen molar-refractivity contribution < 1.29 is 0 Å². The van der Waals surface area contributed by atoms with Crippen molar-refractivity contribution >= 4 is 11.0 Å². The Balaban J connectivity index is 2.29. The molecule has 3 rings (SSSR count). The summed E-state index contributed by atoms with van der Waals surface area (Å²) < 4.78 is 2.07. The second-order valence-electron chi connectivity index (χ2n) is 4.19. The molecular weight excluding hydrogens is 174 g/mol. The van der Waals surface area contributed by atoms with Crippen LogP contribution in [0.1, 0.15) is 30.0 Å². The summed E-state index contributed by atoms with van der Waals surface area (Å²) in [5.41, 5.74) is 4.83. The third kappa shape index (κ3) is 1.05. The molecule has 1 aromatic carbocycles. The molecule has 0 atom stereocenters. The Hall–Kier alpha value is -1.38. The molecule has 0 spiro atoms. The molecule has 1 heterocycles. The first-order chi connectivity index (χ1) is 6.75. The zero-order valence-corrected chi connectivity index (χ0v) is 8.49. The molecule has 1 fully saturated rings. The first-order valence-corrected chi connectivity index (χ1v) is 5.08. The minimum Gasteiger partial charge on any atom is -0.242 e. The molecule has 0 unspecified atom stereocenters. The summed E-state index contributed by atoms with van der Waals surface area (Å²) in [6.07, 6.45) is 2.51. The van der Waals surface area contributed by atoms with Crippen molar-refractivity contribution in [3.05, 3.63) is 23.3 Å². The molecule has 3 nitrogen and oxygen atoms in total. The Bertz CT molecular complexity index is 494. The van der Waals surface area contributed by atoms with Crippen LogP contribution in [-0.2, 0) is 0 Å². The summed E-state index contributed by atoms with van der Waals surface area (Å²) in [6.45, 7) is 4.25. The average molecular weight is 187 g/mol. The number of aromatic nitrogens is 3. The lowest BCUT2D eigenvalue weighted by molar-refractivity contribution is 0.630. The van der Waals surface area contributed by atoms with E-state index in [-0.39, 0.29) is 0 Å². The summed E-state index contributed by atoms with van der Waals surface area (Å²) in [7, 11) is 0. The Morgan fingerprint density at radius 2 is 1.93 bits per heavy atom. The molecule has 14 heavy (non-hydrogen) atoms. The van der Waals surface area contributed by atoms with Gasteiger partial charge in [-0.1, -0.05) is 5.21 Å². The van der Waals surface area contributed by atoms with Gasteiger partial charge in [-0.3, -0.25) is 0 Å². The van der Waals surface area contributed by atoms with Crippen LogP contribution < -0.4 is 0 Å². The number of rotatable bonds is 1. The molecule has 0 bridgehead atoms. The van der Waals surface area contributed by atoms with Crippen LogP contribution in [0, 0.1) is 13.8 Å². The van der Waals surface area contributed by atoms with E-state index in [1.807, 2.05) is 0 Å². The van der Waals surface area contributed by atoms with Crippen molar-refractivity contribution in [1.82, 2.24) is 15.0 Å². The van der Waals surface area contributed by atoms with Crippen molar-refractivity contribution in [3.8, 4) is 0 Å². The van der Waals surface area contributed by atoms with Gasteiger partial charge in [-0.05, 0) is 49.9 Å². The van der Waals surface area contributed by atoms with Gasteiger partial charge < -0.3 is 0 Å². The Morgan fingerprint density at radius 3 is 2.64 bits per heavy atom. The van der Waals surface area contributed by atoms with Gasteiger partial charge in [0.25, 0.3) is 0 Å². The van der Waals surface area contributed by atoms with Crippen LogP contribution in [0.15, 0.2) is 12.1 Å². The summed E-state index contributed by atoms with van der Waals surface area (Å²) in [5.74, 6) is 0. The van der Waals surface area contributed by atoms with Gasteiger partial charge in [-0.2, -0.15) is 0 Å². The van der Waals surface area contributed by atoms with Crippen molar-refractivity contribution in [2.75, 3.05) is 0 Å². The van der Waals surface area contributed by atoms with Crippen molar-refractivity contribution in [2.45, 2.75) is 32.7 Å². The molecule has 0 N–H and O–H groups in total. The third-order valence-corrected chi connectivity index (χ3v) is 2.98. The van der Waals surface area contributed by atoms with E-state index in [0.717, 1.165) is 5.52 Å². The third-order valence-electron chi connectivity index (χ3n) is 2.98. The predicted octanol–water partition coefficient (Wildman–Crippen LogP) is 2.38. The van der Waals surface area contributed by atoms with E-state index in [9.17, 15) is 0 Å². The molecule has 1 aromatic heterocycles. The molecule has 3 heteroatoms. The lowest BCUT2D eigenvalue weighted by atomic mass is 10.1. The zero-order chi connectivity index (χ0) is 9.71. The first-order valence-electron chi connectivity index (χ1n) is 5.08. The highest BCUT2D eigenvalue weighted by molar-refractivity contribution is 5.76. The van der Waals surface area contributed by atoms with E-state index < -0.39 is 0 Å². The van der Waals surface area contributed by atoms with E-state index in [1.54, 1.807) is 0 Å². The minimum atomic E-state index is 0.613. The molecule has 0 amide bonds. The number of benzene rings is 1. The molecule has 0 saturated heterocycles. The van der Waals surface area contributed by atoms with Gasteiger partial charge in [0.1, 0.15) is 5.52 Å². The van der Waals surface area contributed by atoms with Crippen molar-refractivity contribution in [3.63, 3.8) is 0 Å². The van der Waals surface area contributed by atoms with E-state index >= 15 is 0 Å². The normalized spacial score (nSPS) is 16.4. The van der Waals surface area contributed by atoms with Crippen molar-refractivity contribution in [2.24, 2.45) is 0 Å². The Morgan fingerprint density at radius 1 is 1.21 bits per heavy atom. The second kappa shape index (κ2) is 2.56. The van der Waals surface area contributed by atoms with Gasteiger partial charge in [0.2, 0.25) is 0 Å². The maximum absolute atomic E-state index is 4.21. The fourth-order valence-electron chi connectivity index (χ4n) is 1.78. The molecule has 0 aliphatic heterocycles. The van der Waals surface area contributed by atoms with Crippen molar-refractivity contribution in [1.29, 1.82) is 0 Å². The summed E-state index contributed by atoms with van der Waals surface area (Å²) in [4.78, 5) is 0. The molecule has 1 saturated carbocycles.